The maximum Gasteiger partial charge on any atom is 0.154 e. The monoisotopic (exact) mass is 330 g/mol. The van der Waals surface area contributed by atoms with E-state index in [1.807, 2.05) is 36.9 Å². The van der Waals surface area contributed by atoms with Crippen LogP contribution < -0.4 is 0 Å². The second kappa shape index (κ2) is 5.65. The summed E-state index contributed by atoms with van der Waals surface area (Å²) in [6.07, 6.45) is 2.25. The van der Waals surface area contributed by atoms with Crippen LogP contribution in [0.3, 0.4) is 0 Å². The SMILES string of the molecule is Cc1cc([C@H]2CCCN2Cc2nn(C)c3cccc(Cl)c23)on1. The first-order chi connectivity index (χ1) is 11.1. The Morgan fingerprint density at radius 1 is 1.39 bits per heavy atom. The molecule has 23 heavy (non-hydrogen) atoms. The Morgan fingerprint density at radius 2 is 2.26 bits per heavy atom. The van der Waals surface area contributed by atoms with E-state index in [1.54, 1.807) is 0 Å². The fourth-order valence-corrected chi connectivity index (χ4v) is 3.81. The highest BCUT2D eigenvalue weighted by molar-refractivity contribution is 6.35. The molecule has 1 aliphatic heterocycles. The van der Waals surface area contributed by atoms with Crippen molar-refractivity contribution in [2.24, 2.45) is 7.05 Å². The van der Waals surface area contributed by atoms with E-state index in [1.165, 1.54) is 0 Å². The zero-order chi connectivity index (χ0) is 16.0. The molecule has 1 saturated heterocycles. The summed E-state index contributed by atoms with van der Waals surface area (Å²) in [6, 6.07) is 8.25. The molecule has 2 aromatic heterocycles. The lowest BCUT2D eigenvalue weighted by Crippen LogP contribution is -2.23. The van der Waals surface area contributed by atoms with Gasteiger partial charge in [0.2, 0.25) is 0 Å². The number of nitrogens with zero attached hydrogens (tertiary/aromatic N) is 4. The van der Waals surface area contributed by atoms with Gasteiger partial charge in [-0.15, -0.1) is 0 Å². The van der Waals surface area contributed by atoms with Gasteiger partial charge in [-0.05, 0) is 38.4 Å². The quantitative estimate of drug-likeness (QED) is 0.731. The van der Waals surface area contributed by atoms with Crippen molar-refractivity contribution in [2.75, 3.05) is 6.54 Å². The smallest absolute Gasteiger partial charge is 0.154 e. The van der Waals surface area contributed by atoms with Crippen molar-refractivity contribution in [3.63, 3.8) is 0 Å². The molecule has 120 valence electrons. The van der Waals surface area contributed by atoms with Gasteiger partial charge in [-0.3, -0.25) is 9.58 Å². The highest BCUT2D eigenvalue weighted by Gasteiger charge is 2.30. The van der Waals surface area contributed by atoms with Gasteiger partial charge in [0.15, 0.2) is 5.76 Å². The van der Waals surface area contributed by atoms with Crippen LogP contribution in [-0.4, -0.2) is 26.4 Å². The maximum atomic E-state index is 6.42. The number of likely N-dealkylation sites (tertiary alicyclic amines) is 1. The molecule has 3 heterocycles. The summed E-state index contributed by atoms with van der Waals surface area (Å²) in [5.74, 6) is 0.950. The number of aryl methyl sites for hydroxylation is 2. The van der Waals surface area contributed by atoms with Crippen LogP contribution in [0.15, 0.2) is 28.8 Å². The Balaban J connectivity index is 1.67. The molecule has 0 N–H and O–H groups in total. The number of benzene rings is 1. The molecule has 0 spiro atoms. The van der Waals surface area contributed by atoms with Crippen molar-refractivity contribution < 1.29 is 4.52 Å². The fourth-order valence-electron chi connectivity index (χ4n) is 3.53. The van der Waals surface area contributed by atoms with Gasteiger partial charge < -0.3 is 4.52 Å². The number of hydrogen-bond donors (Lipinski definition) is 0. The molecule has 1 aliphatic rings. The van der Waals surface area contributed by atoms with E-state index in [0.717, 1.165) is 59.0 Å². The Kier molecular flexibility index (Phi) is 3.62. The molecule has 0 saturated carbocycles. The van der Waals surface area contributed by atoms with Crippen LogP contribution >= 0.6 is 11.6 Å². The van der Waals surface area contributed by atoms with Crippen LogP contribution in [0.4, 0.5) is 0 Å². The van der Waals surface area contributed by atoms with Gasteiger partial charge in [-0.25, -0.2) is 0 Å². The minimum absolute atomic E-state index is 0.274. The molecule has 1 fully saturated rings. The van der Waals surface area contributed by atoms with E-state index in [2.05, 4.69) is 16.1 Å². The molecule has 0 bridgehead atoms. The third-order valence-corrected chi connectivity index (χ3v) is 4.91. The second-order valence-corrected chi connectivity index (χ2v) is 6.61. The second-order valence-electron chi connectivity index (χ2n) is 6.20. The first-order valence-electron chi connectivity index (χ1n) is 7.91. The summed E-state index contributed by atoms with van der Waals surface area (Å²) in [5.41, 5.74) is 3.02. The van der Waals surface area contributed by atoms with E-state index in [4.69, 9.17) is 21.2 Å². The molecule has 0 unspecified atom stereocenters. The van der Waals surface area contributed by atoms with Crippen LogP contribution in [-0.2, 0) is 13.6 Å². The molecular weight excluding hydrogens is 312 g/mol. The van der Waals surface area contributed by atoms with Gasteiger partial charge in [0.25, 0.3) is 0 Å². The third kappa shape index (κ3) is 2.54. The molecule has 1 aromatic carbocycles. The zero-order valence-electron chi connectivity index (χ0n) is 13.3. The van der Waals surface area contributed by atoms with Crippen molar-refractivity contribution in [1.82, 2.24) is 19.8 Å². The van der Waals surface area contributed by atoms with Crippen molar-refractivity contribution >= 4 is 22.5 Å². The van der Waals surface area contributed by atoms with Gasteiger partial charge in [-0.2, -0.15) is 5.10 Å². The maximum absolute atomic E-state index is 6.42. The van der Waals surface area contributed by atoms with Crippen molar-refractivity contribution in [3.05, 3.63) is 46.4 Å². The lowest BCUT2D eigenvalue weighted by molar-refractivity contribution is 0.205. The molecule has 0 aliphatic carbocycles. The van der Waals surface area contributed by atoms with Gasteiger partial charge in [0, 0.05) is 25.0 Å². The minimum Gasteiger partial charge on any atom is -0.359 e. The van der Waals surface area contributed by atoms with Gasteiger partial charge in [0.05, 0.1) is 28.0 Å². The Labute approximate surface area is 139 Å². The van der Waals surface area contributed by atoms with Crippen molar-refractivity contribution in [2.45, 2.75) is 32.4 Å². The van der Waals surface area contributed by atoms with Crippen LogP contribution in [0.1, 0.15) is 36.0 Å². The number of halogens is 1. The molecule has 1 atom stereocenters. The topological polar surface area (TPSA) is 47.1 Å². The van der Waals surface area contributed by atoms with Crippen molar-refractivity contribution in [3.8, 4) is 0 Å². The summed E-state index contributed by atoms with van der Waals surface area (Å²) >= 11 is 6.42. The average Bonchev–Trinajstić information content (AvgIpc) is 3.21. The minimum atomic E-state index is 0.274. The summed E-state index contributed by atoms with van der Waals surface area (Å²) in [6.45, 7) is 3.76. The molecule has 6 heteroatoms. The van der Waals surface area contributed by atoms with E-state index in [0.29, 0.717) is 0 Å². The zero-order valence-corrected chi connectivity index (χ0v) is 14.0. The predicted octanol–water partition coefficient (Wildman–Crippen LogP) is 3.86. The number of fused-ring (bicyclic) bond motifs is 1. The summed E-state index contributed by atoms with van der Waals surface area (Å²) in [5, 5.41) is 10.5. The predicted molar refractivity (Wildman–Crippen MR) is 89.3 cm³/mol. The van der Waals surface area contributed by atoms with E-state index in [-0.39, 0.29) is 6.04 Å². The summed E-state index contributed by atoms with van der Waals surface area (Å²) in [4.78, 5) is 2.41. The summed E-state index contributed by atoms with van der Waals surface area (Å²) < 4.78 is 7.39. The van der Waals surface area contributed by atoms with Crippen LogP contribution in [0.2, 0.25) is 5.02 Å². The molecule has 4 rings (SSSR count). The molecule has 0 radical (unpaired) electrons. The highest BCUT2D eigenvalue weighted by Crippen LogP contribution is 2.35. The van der Waals surface area contributed by atoms with E-state index >= 15 is 0 Å². The Bertz CT molecular complexity index is 854. The third-order valence-electron chi connectivity index (χ3n) is 4.59. The van der Waals surface area contributed by atoms with Gasteiger partial charge in [0.1, 0.15) is 0 Å². The average molecular weight is 331 g/mol. The van der Waals surface area contributed by atoms with Crippen LogP contribution in [0, 0.1) is 6.92 Å². The standard InChI is InChI=1S/C17H19ClN4O/c1-11-9-16(23-20-11)14-7-4-8-22(14)10-13-17-12(18)5-3-6-15(17)21(2)19-13/h3,5-6,9,14H,4,7-8,10H2,1-2H3/t14-/m1/s1. The lowest BCUT2D eigenvalue weighted by atomic mass is 10.1. The number of rotatable bonds is 3. The van der Waals surface area contributed by atoms with Gasteiger partial charge in [-0.1, -0.05) is 22.8 Å². The fraction of sp³-hybridized carbons (Fsp3) is 0.412. The van der Waals surface area contributed by atoms with Crippen LogP contribution in [0.25, 0.3) is 10.9 Å². The first-order valence-corrected chi connectivity index (χ1v) is 8.28. The number of hydrogen-bond acceptors (Lipinski definition) is 4. The van der Waals surface area contributed by atoms with E-state index < -0.39 is 0 Å². The van der Waals surface area contributed by atoms with Crippen LogP contribution in [0.5, 0.6) is 0 Å². The normalized spacial score (nSPS) is 19.0. The van der Waals surface area contributed by atoms with Gasteiger partial charge >= 0.3 is 0 Å². The molecule has 0 amide bonds. The first kappa shape index (κ1) is 14.7. The Morgan fingerprint density at radius 3 is 3.04 bits per heavy atom. The molecule has 3 aromatic rings. The van der Waals surface area contributed by atoms with E-state index in [9.17, 15) is 0 Å². The molecule has 5 nitrogen and oxygen atoms in total. The molecular formula is C17H19ClN4O. The summed E-state index contributed by atoms with van der Waals surface area (Å²) in [7, 11) is 1.96. The highest BCUT2D eigenvalue weighted by atomic mass is 35.5. The van der Waals surface area contributed by atoms with Crippen molar-refractivity contribution in [1.29, 1.82) is 0 Å². The lowest BCUT2D eigenvalue weighted by Gasteiger charge is -2.21. The Hall–Kier alpha value is -1.85. The number of aromatic nitrogens is 3. The largest absolute Gasteiger partial charge is 0.359 e.